The predicted molar refractivity (Wildman–Crippen MR) is 94.9 cm³/mol. The minimum Gasteiger partial charge on any atom is -0.497 e. The number of methoxy groups -OCH3 is 1. The molecule has 2 amide bonds. The molecule has 2 unspecified atom stereocenters. The molecule has 0 radical (unpaired) electrons. The van der Waals surface area contributed by atoms with Crippen molar-refractivity contribution in [1.82, 2.24) is 5.01 Å². The van der Waals surface area contributed by atoms with Gasteiger partial charge in [-0.25, -0.2) is 9.29 Å². The summed E-state index contributed by atoms with van der Waals surface area (Å²) in [6, 6.07) is 8.83. The topological polar surface area (TPSA) is 74.6 Å². The highest BCUT2D eigenvalue weighted by molar-refractivity contribution is 6.31. The van der Waals surface area contributed by atoms with Gasteiger partial charge in [0, 0.05) is 5.02 Å². The van der Waals surface area contributed by atoms with Gasteiger partial charge in [0.1, 0.15) is 11.6 Å². The summed E-state index contributed by atoms with van der Waals surface area (Å²) >= 11 is 6.06. The molecule has 1 saturated heterocycles. The number of ether oxygens (including phenoxy) is 1. The van der Waals surface area contributed by atoms with Gasteiger partial charge in [-0.15, -0.1) is 0 Å². The highest BCUT2D eigenvalue weighted by Gasteiger charge is 2.54. The van der Waals surface area contributed by atoms with E-state index in [-0.39, 0.29) is 11.6 Å². The van der Waals surface area contributed by atoms with Gasteiger partial charge in [0.05, 0.1) is 19.3 Å². The van der Waals surface area contributed by atoms with Gasteiger partial charge in [0.2, 0.25) is 0 Å². The quantitative estimate of drug-likeness (QED) is 0.755. The van der Waals surface area contributed by atoms with Crippen LogP contribution in [-0.4, -0.2) is 36.0 Å². The lowest BCUT2D eigenvalue weighted by Gasteiger charge is -2.21. The van der Waals surface area contributed by atoms with E-state index in [1.807, 2.05) is 0 Å². The number of hydrogen-bond acceptors (Lipinski definition) is 6. The molecule has 2 aliphatic heterocycles. The highest BCUT2D eigenvalue weighted by atomic mass is 35.5. The first-order valence-electron chi connectivity index (χ1n) is 8.13. The number of nitrogens with zero attached hydrogens (tertiary/aromatic N) is 4. The summed E-state index contributed by atoms with van der Waals surface area (Å²) in [4.78, 5) is 26.7. The Morgan fingerprint density at radius 3 is 2.56 bits per heavy atom. The van der Waals surface area contributed by atoms with Crippen molar-refractivity contribution >= 4 is 29.1 Å². The normalized spacial score (nSPS) is 21.1. The molecule has 0 saturated carbocycles. The minimum absolute atomic E-state index is 0.138. The Bertz CT molecular complexity index is 950. The van der Waals surface area contributed by atoms with Gasteiger partial charge < -0.3 is 4.74 Å². The van der Waals surface area contributed by atoms with Crippen LogP contribution in [-0.2, 0) is 16.1 Å². The van der Waals surface area contributed by atoms with Crippen molar-refractivity contribution in [2.45, 2.75) is 18.6 Å². The van der Waals surface area contributed by atoms with Gasteiger partial charge in [0.25, 0.3) is 11.8 Å². The molecular weight excluding hydrogens is 375 g/mol. The molecule has 1 fully saturated rings. The third kappa shape index (κ3) is 2.91. The molecule has 4 rings (SSSR count). The molecule has 0 aromatic heterocycles. The number of benzene rings is 2. The molecule has 2 atom stereocenters. The third-order valence-electron chi connectivity index (χ3n) is 4.54. The second-order valence-electron chi connectivity index (χ2n) is 6.14. The molecule has 2 aromatic carbocycles. The van der Waals surface area contributed by atoms with Crippen molar-refractivity contribution in [3.05, 3.63) is 58.9 Å². The lowest BCUT2D eigenvalue weighted by Crippen LogP contribution is -2.39. The van der Waals surface area contributed by atoms with Crippen LogP contribution in [0.2, 0.25) is 5.02 Å². The molecule has 138 valence electrons. The van der Waals surface area contributed by atoms with Crippen LogP contribution >= 0.6 is 11.6 Å². The van der Waals surface area contributed by atoms with Crippen molar-refractivity contribution in [2.75, 3.05) is 12.0 Å². The van der Waals surface area contributed by atoms with Crippen LogP contribution in [0.25, 0.3) is 0 Å². The Hall–Kier alpha value is -3.00. The maximum Gasteiger partial charge on any atom is 0.263 e. The molecule has 2 aliphatic rings. The molecular formula is C18H14ClFN4O3. The van der Waals surface area contributed by atoms with E-state index in [1.165, 1.54) is 30.3 Å². The fourth-order valence-electron chi connectivity index (χ4n) is 3.16. The number of fused-ring (bicyclic) bond motifs is 1. The number of carbonyl (C=O) groups is 2. The second-order valence-corrected chi connectivity index (χ2v) is 6.55. The van der Waals surface area contributed by atoms with E-state index in [9.17, 15) is 14.0 Å². The van der Waals surface area contributed by atoms with Crippen LogP contribution in [0.5, 0.6) is 5.75 Å². The number of rotatable bonds is 4. The molecule has 0 N–H and O–H groups in total. The zero-order valence-corrected chi connectivity index (χ0v) is 14.9. The molecule has 7 nitrogen and oxygen atoms in total. The van der Waals surface area contributed by atoms with Crippen molar-refractivity contribution in [3.8, 4) is 5.75 Å². The van der Waals surface area contributed by atoms with Crippen LogP contribution in [0.3, 0.4) is 0 Å². The van der Waals surface area contributed by atoms with Crippen molar-refractivity contribution < 1.29 is 18.7 Å². The molecule has 2 heterocycles. The van der Waals surface area contributed by atoms with Gasteiger partial charge in [-0.2, -0.15) is 5.11 Å². The zero-order valence-electron chi connectivity index (χ0n) is 14.2. The largest absolute Gasteiger partial charge is 0.497 e. The van der Waals surface area contributed by atoms with Crippen molar-refractivity contribution in [2.24, 2.45) is 10.3 Å². The minimum atomic E-state index is -0.904. The number of hydrogen-bond donors (Lipinski definition) is 0. The maximum absolute atomic E-state index is 13.2. The number of amides is 2. The summed E-state index contributed by atoms with van der Waals surface area (Å²) in [5, 5.41) is 9.54. The molecule has 27 heavy (non-hydrogen) atoms. The zero-order chi connectivity index (χ0) is 19.1. The fourth-order valence-corrected chi connectivity index (χ4v) is 3.39. The predicted octanol–water partition coefficient (Wildman–Crippen LogP) is 2.98. The Kier molecular flexibility index (Phi) is 4.27. The van der Waals surface area contributed by atoms with Crippen LogP contribution in [0.15, 0.2) is 52.8 Å². The summed E-state index contributed by atoms with van der Waals surface area (Å²) in [6.45, 7) is 0.138. The maximum atomic E-state index is 13.2. The molecule has 9 heteroatoms. The van der Waals surface area contributed by atoms with Gasteiger partial charge in [-0.05, 0) is 42.0 Å². The Balaban J connectivity index is 1.59. The van der Waals surface area contributed by atoms with Crippen LogP contribution in [0.1, 0.15) is 5.56 Å². The van der Waals surface area contributed by atoms with Gasteiger partial charge in [-0.1, -0.05) is 22.9 Å². The summed E-state index contributed by atoms with van der Waals surface area (Å²) in [5.41, 5.74) is 1.02. The van der Waals surface area contributed by atoms with Crippen LogP contribution < -0.4 is 9.64 Å². The van der Waals surface area contributed by atoms with Crippen molar-refractivity contribution in [3.63, 3.8) is 0 Å². The lowest BCUT2D eigenvalue weighted by atomic mass is 10.1. The average Bonchev–Trinajstić information content (AvgIpc) is 3.18. The van der Waals surface area contributed by atoms with E-state index in [1.54, 1.807) is 24.3 Å². The monoisotopic (exact) mass is 388 g/mol. The van der Waals surface area contributed by atoms with Crippen molar-refractivity contribution in [1.29, 1.82) is 0 Å². The number of carbonyl (C=O) groups excluding carboxylic acids is 2. The van der Waals surface area contributed by atoms with E-state index >= 15 is 0 Å². The number of halogens is 2. The first kappa shape index (κ1) is 17.4. The molecule has 0 spiro atoms. The number of imide groups is 1. The highest BCUT2D eigenvalue weighted by Crippen LogP contribution is 2.34. The second kappa shape index (κ2) is 6.62. The fraction of sp³-hybridized carbons (Fsp3) is 0.222. The van der Waals surface area contributed by atoms with E-state index in [0.29, 0.717) is 17.0 Å². The summed E-state index contributed by atoms with van der Waals surface area (Å²) in [7, 11) is 1.53. The molecule has 0 bridgehead atoms. The van der Waals surface area contributed by atoms with Crippen LogP contribution in [0, 0.1) is 5.82 Å². The third-order valence-corrected chi connectivity index (χ3v) is 4.89. The Labute approximate surface area is 159 Å². The summed E-state index contributed by atoms with van der Waals surface area (Å²) < 4.78 is 18.3. The number of anilines is 1. The molecule has 2 aromatic rings. The first-order chi connectivity index (χ1) is 13.0. The average molecular weight is 389 g/mol. The lowest BCUT2D eigenvalue weighted by molar-refractivity contribution is -0.123. The standard InChI is InChI=1S/C18H14ClFN4O3/c1-27-13-6-4-12(5-7-13)24-17(25)15-16(18(24)26)23(22-21-15)9-10-2-3-11(20)8-14(10)19/h2-8,15-16H,9H2,1H3. The van der Waals surface area contributed by atoms with E-state index in [0.717, 1.165) is 4.90 Å². The van der Waals surface area contributed by atoms with Gasteiger partial charge in [0.15, 0.2) is 12.1 Å². The Morgan fingerprint density at radius 1 is 1.15 bits per heavy atom. The SMILES string of the molecule is COc1ccc(N2C(=O)C3N=NN(Cc4ccc(F)cc4Cl)C3C2=O)cc1. The van der Waals surface area contributed by atoms with Crippen LogP contribution in [0.4, 0.5) is 10.1 Å². The van der Waals surface area contributed by atoms with E-state index < -0.39 is 29.7 Å². The smallest absolute Gasteiger partial charge is 0.263 e. The summed E-state index contributed by atoms with van der Waals surface area (Å²) in [5.74, 6) is -0.696. The first-order valence-corrected chi connectivity index (χ1v) is 8.50. The van der Waals surface area contributed by atoms with Gasteiger partial charge in [-0.3, -0.25) is 14.6 Å². The Morgan fingerprint density at radius 2 is 1.89 bits per heavy atom. The van der Waals surface area contributed by atoms with E-state index in [2.05, 4.69) is 10.3 Å². The van der Waals surface area contributed by atoms with E-state index in [4.69, 9.17) is 16.3 Å². The van der Waals surface area contributed by atoms with Gasteiger partial charge >= 0.3 is 0 Å². The molecule has 0 aliphatic carbocycles. The summed E-state index contributed by atoms with van der Waals surface area (Å²) in [6.07, 6.45) is 0.